The van der Waals surface area contributed by atoms with Gasteiger partial charge >= 0.3 is 5.97 Å². The fraction of sp³-hybridized carbons (Fsp3) is 0.526. The topological polar surface area (TPSA) is 105 Å². The van der Waals surface area contributed by atoms with Crippen molar-refractivity contribution in [3.63, 3.8) is 0 Å². The Kier molecular flexibility index (Phi) is 7.00. The van der Waals surface area contributed by atoms with E-state index in [1.54, 1.807) is 6.07 Å². The molecule has 0 aliphatic heterocycles. The Morgan fingerprint density at radius 1 is 1.27 bits per heavy atom. The molecule has 0 bridgehead atoms. The van der Waals surface area contributed by atoms with Crippen molar-refractivity contribution in [2.45, 2.75) is 51.6 Å². The maximum atomic E-state index is 12.5. The summed E-state index contributed by atoms with van der Waals surface area (Å²) in [6, 6.07) is 6.66. The Morgan fingerprint density at radius 2 is 2.00 bits per heavy atom. The first-order valence-electron chi connectivity index (χ1n) is 8.91. The van der Waals surface area contributed by atoms with E-state index in [0.29, 0.717) is 31.6 Å². The molecule has 0 radical (unpaired) electrons. The predicted octanol–water partition coefficient (Wildman–Crippen LogP) is 2.02. The number of carboxylic acids is 1. The third-order valence-corrected chi connectivity index (χ3v) is 4.51. The number of amides is 2. The Bertz CT molecular complexity index is 661. The van der Waals surface area contributed by atoms with E-state index in [1.165, 1.54) is 6.92 Å². The summed E-state index contributed by atoms with van der Waals surface area (Å²) in [5.74, 6) is -1.03. The highest BCUT2D eigenvalue weighted by molar-refractivity contribution is 5.80. The fourth-order valence-electron chi connectivity index (χ4n) is 3.35. The second-order valence-electron chi connectivity index (χ2n) is 6.54. The molecule has 7 nitrogen and oxygen atoms in total. The van der Waals surface area contributed by atoms with Crippen molar-refractivity contribution >= 4 is 17.8 Å². The highest BCUT2D eigenvalue weighted by Crippen LogP contribution is 2.29. The minimum atomic E-state index is -0.816. The molecule has 142 valence electrons. The number of benzene rings is 1. The van der Waals surface area contributed by atoms with Crippen LogP contribution in [0, 0.1) is 5.92 Å². The molecule has 3 N–H and O–H groups in total. The summed E-state index contributed by atoms with van der Waals surface area (Å²) in [5.41, 5.74) is 0.745. The molecule has 1 aliphatic rings. The number of carboxylic acid groups (broad SMARTS) is 1. The van der Waals surface area contributed by atoms with Crippen molar-refractivity contribution in [3.8, 4) is 5.75 Å². The van der Waals surface area contributed by atoms with Gasteiger partial charge in [0.2, 0.25) is 11.8 Å². The SMILES string of the molecule is CCOc1ccccc1C(CC(=O)N[C@H]1CC[C@@H](C(=O)O)C1)NC(C)=O. The van der Waals surface area contributed by atoms with Crippen LogP contribution in [0.2, 0.25) is 0 Å². The smallest absolute Gasteiger partial charge is 0.306 e. The average Bonchev–Trinajstić information content (AvgIpc) is 3.03. The van der Waals surface area contributed by atoms with Crippen molar-refractivity contribution < 1.29 is 24.2 Å². The minimum Gasteiger partial charge on any atom is -0.494 e. The van der Waals surface area contributed by atoms with Crippen LogP contribution in [0.4, 0.5) is 0 Å². The second-order valence-corrected chi connectivity index (χ2v) is 6.54. The van der Waals surface area contributed by atoms with E-state index >= 15 is 0 Å². The monoisotopic (exact) mass is 362 g/mol. The summed E-state index contributed by atoms with van der Waals surface area (Å²) < 4.78 is 5.61. The summed E-state index contributed by atoms with van der Waals surface area (Å²) >= 11 is 0. The number of carbonyl (C=O) groups is 3. The molecule has 1 aromatic carbocycles. The average molecular weight is 362 g/mol. The summed E-state index contributed by atoms with van der Waals surface area (Å²) in [6.07, 6.45) is 1.74. The molecule has 7 heteroatoms. The van der Waals surface area contributed by atoms with Crippen molar-refractivity contribution in [3.05, 3.63) is 29.8 Å². The first kappa shape index (κ1) is 19.8. The Hall–Kier alpha value is -2.57. The molecule has 26 heavy (non-hydrogen) atoms. The molecule has 0 spiro atoms. The number of rotatable bonds is 8. The van der Waals surface area contributed by atoms with Crippen molar-refractivity contribution in [1.82, 2.24) is 10.6 Å². The number of ether oxygens (including phenoxy) is 1. The van der Waals surface area contributed by atoms with Gasteiger partial charge in [0.1, 0.15) is 5.75 Å². The molecule has 0 saturated heterocycles. The zero-order valence-corrected chi connectivity index (χ0v) is 15.2. The molecule has 1 saturated carbocycles. The molecule has 0 heterocycles. The zero-order chi connectivity index (χ0) is 19.1. The number of nitrogens with one attached hydrogen (secondary N) is 2. The lowest BCUT2D eigenvalue weighted by Gasteiger charge is -2.22. The summed E-state index contributed by atoms with van der Waals surface area (Å²) in [4.78, 5) is 35.1. The van der Waals surface area contributed by atoms with E-state index in [9.17, 15) is 14.4 Å². The lowest BCUT2D eigenvalue weighted by atomic mass is 10.0. The van der Waals surface area contributed by atoms with E-state index in [4.69, 9.17) is 9.84 Å². The van der Waals surface area contributed by atoms with Crippen LogP contribution in [-0.4, -0.2) is 35.5 Å². The Morgan fingerprint density at radius 3 is 2.62 bits per heavy atom. The van der Waals surface area contributed by atoms with Gasteiger partial charge in [-0.1, -0.05) is 18.2 Å². The van der Waals surface area contributed by atoms with Crippen LogP contribution < -0.4 is 15.4 Å². The minimum absolute atomic E-state index is 0.0674. The highest BCUT2D eigenvalue weighted by Gasteiger charge is 2.31. The van der Waals surface area contributed by atoms with Crippen LogP contribution in [0.1, 0.15) is 51.1 Å². The van der Waals surface area contributed by atoms with Crippen LogP contribution in [0.3, 0.4) is 0 Å². The van der Waals surface area contributed by atoms with Gasteiger partial charge in [0, 0.05) is 18.5 Å². The van der Waals surface area contributed by atoms with E-state index in [2.05, 4.69) is 10.6 Å². The van der Waals surface area contributed by atoms with Crippen molar-refractivity contribution in [2.24, 2.45) is 5.92 Å². The third kappa shape index (κ3) is 5.47. The van der Waals surface area contributed by atoms with Gasteiger partial charge in [0.15, 0.2) is 0 Å². The number of para-hydroxylation sites is 1. The maximum absolute atomic E-state index is 12.5. The standard InChI is InChI=1S/C19H26N2O5/c1-3-26-17-7-5-4-6-15(17)16(20-12(2)22)11-18(23)21-14-9-8-13(10-14)19(24)25/h4-7,13-14,16H,3,8-11H2,1-2H3,(H,20,22)(H,21,23)(H,24,25)/t13-,14+,16?/m1/s1. The van der Waals surface area contributed by atoms with Gasteiger partial charge in [0.05, 0.1) is 25.0 Å². The number of carbonyl (C=O) groups excluding carboxylic acids is 2. The van der Waals surface area contributed by atoms with Gasteiger partial charge in [-0.2, -0.15) is 0 Å². The largest absolute Gasteiger partial charge is 0.494 e. The molecular formula is C19H26N2O5. The normalized spacial score (nSPS) is 20.2. The molecule has 1 fully saturated rings. The number of hydrogen-bond acceptors (Lipinski definition) is 4. The maximum Gasteiger partial charge on any atom is 0.306 e. The molecule has 0 aromatic heterocycles. The summed E-state index contributed by atoms with van der Waals surface area (Å²) in [7, 11) is 0. The number of aliphatic carboxylic acids is 1. The second kappa shape index (κ2) is 9.22. The molecular weight excluding hydrogens is 336 g/mol. The zero-order valence-electron chi connectivity index (χ0n) is 15.2. The first-order chi connectivity index (χ1) is 12.4. The van der Waals surface area contributed by atoms with Crippen LogP contribution in [0.25, 0.3) is 0 Å². The molecule has 1 aromatic rings. The van der Waals surface area contributed by atoms with Crippen LogP contribution >= 0.6 is 0 Å². The third-order valence-electron chi connectivity index (χ3n) is 4.51. The number of hydrogen-bond donors (Lipinski definition) is 3. The highest BCUT2D eigenvalue weighted by atomic mass is 16.5. The lowest BCUT2D eigenvalue weighted by Crippen LogP contribution is -2.37. The van der Waals surface area contributed by atoms with Gasteiger partial charge < -0.3 is 20.5 Å². The van der Waals surface area contributed by atoms with Crippen molar-refractivity contribution in [2.75, 3.05) is 6.61 Å². The van der Waals surface area contributed by atoms with Crippen LogP contribution in [-0.2, 0) is 14.4 Å². The van der Waals surface area contributed by atoms with Gasteiger partial charge in [-0.15, -0.1) is 0 Å². The lowest BCUT2D eigenvalue weighted by molar-refractivity contribution is -0.141. The molecule has 1 aliphatic carbocycles. The van der Waals surface area contributed by atoms with E-state index < -0.39 is 17.9 Å². The van der Waals surface area contributed by atoms with Gasteiger partial charge in [-0.25, -0.2) is 0 Å². The van der Waals surface area contributed by atoms with Gasteiger partial charge in [-0.05, 0) is 32.3 Å². The van der Waals surface area contributed by atoms with E-state index in [0.717, 1.165) is 5.56 Å². The Balaban J connectivity index is 2.05. The van der Waals surface area contributed by atoms with Gasteiger partial charge in [-0.3, -0.25) is 14.4 Å². The quantitative estimate of drug-likeness (QED) is 0.656. The fourth-order valence-corrected chi connectivity index (χ4v) is 3.35. The summed E-state index contributed by atoms with van der Waals surface area (Å²) in [6.45, 7) is 3.76. The predicted molar refractivity (Wildman–Crippen MR) is 95.7 cm³/mol. The summed E-state index contributed by atoms with van der Waals surface area (Å²) in [5, 5.41) is 14.8. The van der Waals surface area contributed by atoms with Crippen LogP contribution in [0.5, 0.6) is 5.75 Å². The van der Waals surface area contributed by atoms with Crippen LogP contribution in [0.15, 0.2) is 24.3 Å². The Labute approximate surface area is 153 Å². The van der Waals surface area contributed by atoms with Gasteiger partial charge in [0.25, 0.3) is 0 Å². The van der Waals surface area contributed by atoms with Crippen molar-refractivity contribution in [1.29, 1.82) is 0 Å². The van der Waals surface area contributed by atoms with E-state index in [-0.39, 0.29) is 24.3 Å². The molecule has 2 amide bonds. The first-order valence-corrected chi connectivity index (χ1v) is 8.91. The molecule has 1 unspecified atom stereocenters. The molecule has 3 atom stereocenters. The van der Waals surface area contributed by atoms with E-state index in [1.807, 2.05) is 25.1 Å². The molecule has 2 rings (SSSR count).